The number of H-pyrrole nitrogens is 2. The molecule has 0 aliphatic carbocycles. The van der Waals surface area contributed by atoms with Gasteiger partial charge in [0.25, 0.3) is 0 Å². The maximum absolute atomic E-state index is 13.2. The molecule has 1 aromatic carbocycles. The number of amides is 1. The number of hydrogen-bond donors (Lipinski definition) is 3. The summed E-state index contributed by atoms with van der Waals surface area (Å²) in [6.07, 6.45) is 3.23. The largest absolute Gasteiger partial charge is 0.480 e. The summed E-state index contributed by atoms with van der Waals surface area (Å²) in [5, 5.41) is 13.8. The van der Waals surface area contributed by atoms with Crippen LogP contribution in [0.5, 0.6) is 5.88 Å². The second-order valence-corrected chi connectivity index (χ2v) is 17.6. The maximum Gasteiger partial charge on any atom is 0.325 e. The van der Waals surface area contributed by atoms with Gasteiger partial charge in [0.15, 0.2) is 11.5 Å². The average molecular weight is 934 g/mol. The number of benzene rings is 1. The Morgan fingerprint density at radius 3 is 2.44 bits per heavy atom. The van der Waals surface area contributed by atoms with Gasteiger partial charge in [-0.1, -0.05) is 35.3 Å². The highest BCUT2D eigenvalue weighted by Gasteiger charge is 2.34. The first-order valence-corrected chi connectivity index (χ1v) is 22.6. The fourth-order valence-electron chi connectivity index (χ4n) is 7.81. The molecule has 3 atom stereocenters. The lowest BCUT2D eigenvalue weighted by Crippen LogP contribution is -2.29. The number of aromatic amines is 2. The van der Waals surface area contributed by atoms with Crippen LogP contribution >= 0.6 is 34.5 Å². The van der Waals surface area contributed by atoms with Gasteiger partial charge in [-0.15, -0.1) is 21.5 Å². The molecule has 0 saturated carbocycles. The monoisotopic (exact) mass is 932 g/mol. The van der Waals surface area contributed by atoms with E-state index >= 15 is 0 Å². The number of carbonyl (C=O) groups excluding carboxylic acids is 1. The molecule has 3 N–H and O–H groups in total. The van der Waals surface area contributed by atoms with E-state index in [1.165, 1.54) is 12.0 Å². The van der Waals surface area contributed by atoms with Crippen LogP contribution in [0.25, 0.3) is 27.4 Å². The molecule has 17 nitrogen and oxygen atoms in total. The lowest BCUT2D eigenvalue weighted by Gasteiger charge is -2.19. The first kappa shape index (κ1) is 45.4. The van der Waals surface area contributed by atoms with Crippen molar-refractivity contribution in [1.29, 1.82) is 0 Å². The van der Waals surface area contributed by atoms with Gasteiger partial charge in [-0.25, -0.2) is 9.78 Å². The molecule has 6 aromatic rings. The normalized spacial score (nSPS) is 17.5. The summed E-state index contributed by atoms with van der Waals surface area (Å²) in [7, 11) is 3.42. The molecule has 3 unspecified atom stereocenters. The van der Waals surface area contributed by atoms with E-state index in [0.717, 1.165) is 59.3 Å². The number of fused-ring (bicyclic) bond motifs is 5. The number of aromatic nitrogens is 7. The zero-order valence-corrected chi connectivity index (χ0v) is 38.5. The summed E-state index contributed by atoms with van der Waals surface area (Å²) in [6.45, 7) is 10.3. The average Bonchev–Trinajstić information content (AvgIpc) is 4.11. The summed E-state index contributed by atoms with van der Waals surface area (Å²) >= 11 is 14.4. The SMILES string of the molecule is C1CC2OCCC2O1.COc1nc(N(C)CCOCCOCCNC(=O)CC2N=C(c3ccc(Cl)cc3)c3c(sc(C)c3C)-n3c(C)nnc32)ccc1-c1nc2[nH]c(=O)[nH]c2cc1Cl. The van der Waals surface area contributed by atoms with Crippen molar-refractivity contribution < 1.29 is 28.5 Å². The van der Waals surface area contributed by atoms with E-state index in [-0.39, 0.29) is 18.0 Å². The van der Waals surface area contributed by atoms with Gasteiger partial charge in [0.05, 0.1) is 79.7 Å². The molecular weight excluding hydrogens is 884 g/mol. The molecule has 0 radical (unpaired) electrons. The predicted molar refractivity (Wildman–Crippen MR) is 246 cm³/mol. The number of thiophene rings is 1. The third-order valence-corrected chi connectivity index (χ3v) is 13.0. The van der Waals surface area contributed by atoms with Gasteiger partial charge in [-0.05, 0) is 69.5 Å². The van der Waals surface area contributed by atoms with Crippen LogP contribution in [0.2, 0.25) is 10.0 Å². The molecule has 64 heavy (non-hydrogen) atoms. The van der Waals surface area contributed by atoms with Gasteiger partial charge in [-0.2, -0.15) is 4.98 Å². The van der Waals surface area contributed by atoms with Gasteiger partial charge in [-0.3, -0.25) is 19.3 Å². The highest BCUT2D eigenvalue weighted by atomic mass is 35.5. The van der Waals surface area contributed by atoms with Crippen molar-refractivity contribution in [3.8, 4) is 22.1 Å². The highest BCUT2D eigenvalue weighted by Crippen LogP contribution is 2.40. The molecule has 0 bridgehead atoms. The number of hydrogen-bond acceptors (Lipinski definition) is 14. The summed E-state index contributed by atoms with van der Waals surface area (Å²) < 4.78 is 29.8. The molecular formula is C44H50Cl2N10O7S. The summed E-state index contributed by atoms with van der Waals surface area (Å²) in [6, 6.07) is 12.3. The van der Waals surface area contributed by atoms with Crippen LogP contribution < -0.4 is 20.6 Å². The molecule has 9 rings (SSSR count). The third kappa shape index (κ3) is 10.0. The van der Waals surface area contributed by atoms with Crippen LogP contribution in [0.4, 0.5) is 5.82 Å². The second kappa shape index (κ2) is 20.3. The minimum atomic E-state index is -0.550. The first-order valence-electron chi connectivity index (χ1n) is 21.1. The topological polar surface area (TPSA) is 196 Å². The fourth-order valence-corrected chi connectivity index (χ4v) is 9.41. The number of carbonyl (C=O) groups is 1. The third-order valence-electron chi connectivity index (χ3n) is 11.3. The second-order valence-electron chi connectivity index (χ2n) is 15.5. The predicted octanol–water partition coefficient (Wildman–Crippen LogP) is 6.33. The van der Waals surface area contributed by atoms with Crippen LogP contribution in [0.3, 0.4) is 0 Å². The highest BCUT2D eigenvalue weighted by molar-refractivity contribution is 7.15. The Hall–Kier alpha value is -5.21. The molecule has 0 spiro atoms. The zero-order chi connectivity index (χ0) is 44.9. The van der Waals surface area contributed by atoms with Crippen molar-refractivity contribution >= 4 is 63.1 Å². The van der Waals surface area contributed by atoms with Crippen molar-refractivity contribution in [2.45, 2.75) is 58.3 Å². The van der Waals surface area contributed by atoms with Gasteiger partial charge in [0, 0.05) is 54.4 Å². The minimum absolute atomic E-state index is 0.0955. The minimum Gasteiger partial charge on any atom is -0.480 e. The summed E-state index contributed by atoms with van der Waals surface area (Å²) in [4.78, 5) is 47.6. The lowest BCUT2D eigenvalue weighted by molar-refractivity contribution is -0.121. The number of aliphatic imine (C=N–C) groups is 1. The zero-order valence-electron chi connectivity index (χ0n) is 36.2. The van der Waals surface area contributed by atoms with E-state index < -0.39 is 6.04 Å². The number of nitrogens with one attached hydrogen (secondary N) is 3. The summed E-state index contributed by atoms with van der Waals surface area (Å²) in [5.74, 6) is 2.20. The molecule has 8 heterocycles. The number of ether oxygens (including phenoxy) is 5. The molecule has 3 aliphatic heterocycles. The van der Waals surface area contributed by atoms with Crippen molar-refractivity contribution in [2.75, 3.05) is 71.8 Å². The Bertz CT molecular complexity index is 2680. The van der Waals surface area contributed by atoms with Crippen molar-refractivity contribution in [3.63, 3.8) is 0 Å². The van der Waals surface area contributed by atoms with Gasteiger partial charge < -0.3 is 38.9 Å². The number of nitrogens with zero attached hydrogens (tertiary/aromatic N) is 7. The maximum atomic E-state index is 13.2. The molecule has 3 aliphatic rings. The smallest absolute Gasteiger partial charge is 0.325 e. The molecule has 20 heteroatoms. The molecule has 2 fully saturated rings. The van der Waals surface area contributed by atoms with E-state index in [1.54, 1.807) is 17.4 Å². The summed E-state index contributed by atoms with van der Waals surface area (Å²) in [5.41, 5.74) is 5.42. The quantitative estimate of drug-likeness (QED) is 0.0971. The number of pyridine rings is 2. The van der Waals surface area contributed by atoms with Crippen LogP contribution in [-0.4, -0.2) is 125 Å². The molecule has 2 saturated heterocycles. The lowest BCUT2D eigenvalue weighted by atomic mass is 9.99. The van der Waals surface area contributed by atoms with E-state index in [4.69, 9.17) is 51.9 Å². The number of likely N-dealkylation sites (N-methyl/N-ethyl adjacent to an activating group) is 1. The van der Waals surface area contributed by atoms with Crippen LogP contribution in [-0.2, 0) is 23.7 Å². The van der Waals surface area contributed by atoms with E-state index in [2.05, 4.69) is 49.3 Å². The van der Waals surface area contributed by atoms with Crippen LogP contribution in [0.15, 0.2) is 52.3 Å². The number of anilines is 1. The Labute approximate surface area is 383 Å². The van der Waals surface area contributed by atoms with E-state index in [1.807, 2.05) is 59.8 Å². The number of aryl methyl sites for hydroxylation is 2. The van der Waals surface area contributed by atoms with Crippen LogP contribution in [0, 0.1) is 20.8 Å². The Balaban J connectivity index is 0.000000624. The first-order chi connectivity index (χ1) is 31.0. The Morgan fingerprint density at radius 2 is 1.70 bits per heavy atom. The van der Waals surface area contributed by atoms with Crippen molar-refractivity contribution in [1.82, 2.24) is 40.0 Å². The van der Waals surface area contributed by atoms with Crippen LogP contribution in [0.1, 0.15) is 58.5 Å². The van der Waals surface area contributed by atoms with Crippen molar-refractivity contribution in [2.24, 2.45) is 4.99 Å². The molecule has 1 amide bonds. The van der Waals surface area contributed by atoms with E-state index in [9.17, 15) is 9.59 Å². The number of methoxy groups -OCH3 is 1. The Kier molecular flexibility index (Phi) is 14.4. The number of rotatable bonds is 15. The fraction of sp³-hybridized carbons (Fsp3) is 0.432. The number of halogens is 2. The van der Waals surface area contributed by atoms with Gasteiger partial charge >= 0.3 is 5.69 Å². The van der Waals surface area contributed by atoms with Crippen molar-refractivity contribution in [3.05, 3.63) is 96.2 Å². The van der Waals surface area contributed by atoms with Gasteiger partial charge in [0.1, 0.15) is 22.7 Å². The standard InChI is InChI=1S/C38H40Cl2N10O5S.C6H10O2/c1-20-21(2)56-37-31(20)32(23-6-8-24(39)9-7-23)42-28(35-48-47-22(3)50(35)37)19-30(51)41-12-14-54-16-17-55-15-13-49(4)29-11-10-25(36(44-29)53-5)33-26(40)18-27-34(45-33)46-38(52)43-27;1-3-7-6-2-4-8-5(1)6/h6-11,18,28H,12-17,19H2,1-5H3,(H,41,51)(H2,43,45,46,52);5-6H,1-4H2. The molecule has 338 valence electrons. The number of imidazole rings is 1. The molecule has 5 aromatic heterocycles. The Morgan fingerprint density at radius 1 is 0.969 bits per heavy atom. The van der Waals surface area contributed by atoms with E-state index in [0.29, 0.717) is 102 Å². The van der Waals surface area contributed by atoms with Gasteiger partial charge in [0.2, 0.25) is 11.8 Å².